The predicted molar refractivity (Wildman–Crippen MR) is 69.9 cm³/mol. The maximum absolute atomic E-state index is 11.6. The Kier molecular flexibility index (Phi) is 4.49. The molecule has 0 saturated carbocycles. The smallest absolute Gasteiger partial charge is 0.251 e. The minimum Gasteiger partial charge on any atom is -0.384 e. The zero-order valence-corrected chi connectivity index (χ0v) is 11.1. The van der Waals surface area contributed by atoms with Gasteiger partial charge in [0.2, 0.25) is 0 Å². The van der Waals surface area contributed by atoms with Gasteiger partial charge in [0.15, 0.2) is 0 Å². The molecule has 18 heavy (non-hydrogen) atoms. The number of hydrogen-bond acceptors (Lipinski definition) is 4. The van der Waals surface area contributed by atoms with Crippen LogP contribution in [-0.4, -0.2) is 48.7 Å². The van der Waals surface area contributed by atoms with E-state index >= 15 is 0 Å². The van der Waals surface area contributed by atoms with Crippen molar-refractivity contribution >= 4 is 0 Å². The molecular formula is C13H21N3O2. The van der Waals surface area contributed by atoms with Gasteiger partial charge in [-0.25, -0.2) is 4.98 Å². The van der Waals surface area contributed by atoms with Crippen LogP contribution in [0.2, 0.25) is 0 Å². The summed E-state index contributed by atoms with van der Waals surface area (Å²) in [4.78, 5) is 21.3. The van der Waals surface area contributed by atoms with Gasteiger partial charge in [0.05, 0.1) is 12.3 Å². The van der Waals surface area contributed by atoms with Crippen molar-refractivity contribution < 1.29 is 4.74 Å². The number of aromatic amines is 1. The fraction of sp³-hybridized carbons (Fsp3) is 0.692. The molecule has 1 aliphatic heterocycles. The molecule has 2 heterocycles. The Bertz CT molecular complexity index is 436. The lowest BCUT2D eigenvalue weighted by Gasteiger charge is -2.28. The van der Waals surface area contributed by atoms with E-state index in [2.05, 4.69) is 21.9 Å². The predicted octanol–water partition coefficient (Wildman–Crippen LogP) is 0.768. The summed E-state index contributed by atoms with van der Waals surface area (Å²) in [6, 6.07) is 1.65. The van der Waals surface area contributed by atoms with Gasteiger partial charge in [0.1, 0.15) is 5.82 Å². The van der Waals surface area contributed by atoms with Crippen molar-refractivity contribution in [3.05, 3.63) is 27.9 Å². The average Bonchev–Trinajstić information content (AvgIpc) is 2.36. The Morgan fingerprint density at radius 2 is 2.22 bits per heavy atom. The first kappa shape index (κ1) is 13.2. The second kappa shape index (κ2) is 6.11. The van der Waals surface area contributed by atoms with E-state index in [0.29, 0.717) is 18.9 Å². The molecule has 5 heteroatoms. The highest BCUT2D eigenvalue weighted by molar-refractivity contribution is 5.10. The monoisotopic (exact) mass is 251 g/mol. The highest BCUT2D eigenvalue weighted by Gasteiger charge is 2.20. The molecule has 1 saturated heterocycles. The van der Waals surface area contributed by atoms with E-state index in [4.69, 9.17) is 4.74 Å². The molecular weight excluding hydrogens is 230 g/mol. The molecule has 0 amide bonds. The quantitative estimate of drug-likeness (QED) is 0.858. The summed E-state index contributed by atoms with van der Waals surface area (Å²) in [5, 5.41) is 0. The standard InChI is InChI=1S/C13H21N3O2/c1-16-6-3-10(4-7-16)11-9-13(17)15-12(14-11)5-8-18-2/h9-10H,3-8H2,1-2H3,(H,14,15,17). The third kappa shape index (κ3) is 3.40. The Morgan fingerprint density at radius 3 is 2.89 bits per heavy atom. The van der Waals surface area contributed by atoms with Crippen molar-refractivity contribution in [3.8, 4) is 0 Å². The van der Waals surface area contributed by atoms with Crippen molar-refractivity contribution in [1.82, 2.24) is 14.9 Å². The SMILES string of the molecule is COCCc1nc(C2CCN(C)CC2)cc(=O)[nH]1. The van der Waals surface area contributed by atoms with Gasteiger partial charge in [-0.3, -0.25) is 4.79 Å². The Labute approximate surface area is 107 Å². The lowest BCUT2D eigenvalue weighted by Crippen LogP contribution is -2.30. The second-order valence-electron chi connectivity index (χ2n) is 4.94. The minimum absolute atomic E-state index is 0.0509. The van der Waals surface area contributed by atoms with Gasteiger partial charge in [-0.15, -0.1) is 0 Å². The summed E-state index contributed by atoms with van der Waals surface area (Å²) < 4.78 is 5.02. The molecule has 2 rings (SSSR count). The molecule has 1 aromatic rings. The summed E-state index contributed by atoms with van der Waals surface area (Å²) in [6.07, 6.45) is 2.82. The van der Waals surface area contributed by atoms with Crippen molar-refractivity contribution in [2.24, 2.45) is 0 Å². The minimum atomic E-state index is -0.0509. The van der Waals surface area contributed by atoms with Crippen LogP contribution in [0.3, 0.4) is 0 Å². The van der Waals surface area contributed by atoms with Crippen LogP contribution < -0.4 is 5.56 Å². The molecule has 0 radical (unpaired) electrons. The van der Waals surface area contributed by atoms with Crippen molar-refractivity contribution in [1.29, 1.82) is 0 Å². The molecule has 1 fully saturated rings. The Hall–Kier alpha value is -1.20. The van der Waals surface area contributed by atoms with Gasteiger partial charge in [-0.2, -0.15) is 0 Å². The van der Waals surface area contributed by atoms with E-state index < -0.39 is 0 Å². The normalized spacial score (nSPS) is 18.1. The van der Waals surface area contributed by atoms with Crippen LogP contribution in [0.25, 0.3) is 0 Å². The van der Waals surface area contributed by atoms with Gasteiger partial charge in [0, 0.05) is 25.5 Å². The number of nitrogens with zero attached hydrogens (tertiary/aromatic N) is 2. The van der Waals surface area contributed by atoms with E-state index in [0.717, 1.165) is 37.4 Å². The second-order valence-corrected chi connectivity index (χ2v) is 4.94. The lowest BCUT2D eigenvalue weighted by atomic mass is 9.93. The zero-order valence-electron chi connectivity index (χ0n) is 11.1. The largest absolute Gasteiger partial charge is 0.384 e. The number of aromatic nitrogens is 2. The van der Waals surface area contributed by atoms with Crippen molar-refractivity contribution in [3.63, 3.8) is 0 Å². The molecule has 0 bridgehead atoms. The lowest BCUT2D eigenvalue weighted by molar-refractivity contribution is 0.200. The number of nitrogens with one attached hydrogen (secondary N) is 1. The Balaban J connectivity index is 2.12. The number of piperidine rings is 1. The van der Waals surface area contributed by atoms with Crippen LogP contribution >= 0.6 is 0 Å². The average molecular weight is 251 g/mol. The number of likely N-dealkylation sites (tertiary alicyclic amines) is 1. The van der Waals surface area contributed by atoms with E-state index in [-0.39, 0.29) is 5.56 Å². The number of H-pyrrole nitrogens is 1. The Morgan fingerprint density at radius 1 is 1.50 bits per heavy atom. The van der Waals surface area contributed by atoms with Crippen molar-refractivity contribution in [2.75, 3.05) is 33.9 Å². The van der Waals surface area contributed by atoms with Crippen LogP contribution in [0.1, 0.15) is 30.3 Å². The molecule has 5 nitrogen and oxygen atoms in total. The van der Waals surface area contributed by atoms with E-state index in [9.17, 15) is 4.79 Å². The summed E-state index contributed by atoms with van der Waals surface area (Å²) in [5.74, 6) is 1.16. The summed E-state index contributed by atoms with van der Waals surface area (Å²) in [6.45, 7) is 2.74. The zero-order chi connectivity index (χ0) is 13.0. The summed E-state index contributed by atoms with van der Waals surface area (Å²) in [7, 11) is 3.78. The third-order valence-corrected chi connectivity index (χ3v) is 3.49. The van der Waals surface area contributed by atoms with Crippen LogP contribution in [-0.2, 0) is 11.2 Å². The van der Waals surface area contributed by atoms with Crippen molar-refractivity contribution in [2.45, 2.75) is 25.2 Å². The molecule has 1 aliphatic rings. The van der Waals surface area contributed by atoms with Gasteiger partial charge < -0.3 is 14.6 Å². The molecule has 0 unspecified atom stereocenters. The van der Waals surface area contributed by atoms with Gasteiger partial charge in [-0.1, -0.05) is 0 Å². The molecule has 0 atom stereocenters. The third-order valence-electron chi connectivity index (χ3n) is 3.49. The first-order valence-electron chi connectivity index (χ1n) is 6.46. The fourth-order valence-corrected chi connectivity index (χ4v) is 2.36. The molecule has 100 valence electrons. The van der Waals surface area contributed by atoms with E-state index in [1.54, 1.807) is 13.2 Å². The van der Waals surface area contributed by atoms with Gasteiger partial charge in [0.25, 0.3) is 5.56 Å². The van der Waals surface area contributed by atoms with E-state index in [1.807, 2.05) is 0 Å². The summed E-state index contributed by atoms with van der Waals surface area (Å²) >= 11 is 0. The van der Waals surface area contributed by atoms with Crippen LogP contribution in [0.15, 0.2) is 10.9 Å². The van der Waals surface area contributed by atoms with Crippen LogP contribution in [0, 0.1) is 0 Å². The van der Waals surface area contributed by atoms with E-state index in [1.165, 1.54) is 0 Å². The highest BCUT2D eigenvalue weighted by Crippen LogP contribution is 2.25. The number of rotatable bonds is 4. The topological polar surface area (TPSA) is 58.2 Å². The van der Waals surface area contributed by atoms with Crippen LogP contribution in [0.5, 0.6) is 0 Å². The van der Waals surface area contributed by atoms with Gasteiger partial charge >= 0.3 is 0 Å². The van der Waals surface area contributed by atoms with Gasteiger partial charge in [-0.05, 0) is 33.0 Å². The molecule has 0 aliphatic carbocycles. The van der Waals surface area contributed by atoms with Crippen LogP contribution in [0.4, 0.5) is 0 Å². The first-order chi connectivity index (χ1) is 8.69. The maximum Gasteiger partial charge on any atom is 0.251 e. The molecule has 1 aromatic heterocycles. The first-order valence-corrected chi connectivity index (χ1v) is 6.46. The fourth-order valence-electron chi connectivity index (χ4n) is 2.36. The highest BCUT2D eigenvalue weighted by atomic mass is 16.5. The molecule has 1 N–H and O–H groups in total. The summed E-state index contributed by atoms with van der Waals surface area (Å²) in [5.41, 5.74) is 0.892. The molecule has 0 aromatic carbocycles. The maximum atomic E-state index is 11.6. The number of methoxy groups -OCH3 is 1. The number of ether oxygens (including phenoxy) is 1. The number of hydrogen-bond donors (Lipinski definition) is 1. The molecule has 0 spiro atoms.